The lowest BCUT2D eigenvalue weighted by Gasteiger charge is -2.01. The minimum absolute atomic E-state index is 0.0493. The van der Waals surface area contributed by atoms with Crippen molar-refractivity contribution in [2.24, 2.45) is 5.73 Å². The van der Waals surface area contributed by atoms with Crippen molar-refractivity contribution in [3.8, 4) is 0 Å². The zero-order valence-electron chi connectivity index (χ0n) is 6.45. The summed E-state index contributed by atoms with van der Waals surface area (Å²) in [5.74, 6) is -1.02. The monoisotopic (exact) mass is 159 g/mol. The van der Waals surface area contributed by atoms with E-state index < -0.39 is 12.0 Å². The van der Waals surface area contributed by atoms with Gasteiger partial charge in [0.05, 0.1) is 6.61 Å². The second-order valence-electron chi connectivity index (χ2n) is 2.39. The summed E-state index contributed by atoms with van der Waals surface area (Å²) in [6, 6.07) is -0.864. The number of nitrogens with two attached hydrogens (primary N) is 1. The number of carbonyl (C=O) groups is 1. The van der Waals surface area contributed by atoms with E-state index in [-0.39, 0.29) is 13.0 Å². The van der Waals surface area contributed by atoms with Crippen LogP contribution in [0.5, 0.6) is 0 Å². The zero-order chi connectivity index (χ0) is 8.85. The molecule has 0 fully saturated rings. The first-order chi connectivity index (χ1) is 5.07. The van der Waals surface area contributed by atoms with Gasteiger partial charge in [0.15, 0.2) is 0 Å². The van der Waals surface area contributed by atoms with E-state index in [1.807, 2.05) is 0 Å². The zero-order valence-corrected chi connectivity index (χ0v) is 6.45. The van der Waals surface area contributed by atoms with Gasteiger partial charge in [-0.15, -0.1) is 0 Å². The Morgan fingerprint density at radius 1 is 1.73 bits per heavy atom. The van der Waals surface area contributed by atoms with E-state index >= 15 is 0 Å². The number of hydrogen-bond acceptors (Lipinski definition) is 3. The van der Waals surface area contributed by atoms with Gasteiger partial charge in [-0.3, -0.25) is 4.79 Å². The molecule has 64 valence electrons. The molecule has 0 aliphatic heterocycles. The number of aliphatic hydroxyl groups excluding tert-OH is 1. The molecular formula is C7H13NO3. The Bertz CT molecular complexity index is 165. The Labute approximate surface area is 65.3 Å². The first-order valence-electron chi connectivity index (χ1n) is 3.32. The standard InChI is InChI=1S/C7H13NO3/c1-5(4-9)2-3-6(8)7(10)11/h2,6,9H,3-4,8H2,1H3,(H,10,11)/b5-2-/t6-/m0/s1. The van der Waals surface area contributed by atoms with E-state index in [9.17, 15) is 4.79 Å². The Morgan fingerprint density at radius 2 is 2.27 bits per heavy atom. The maximum absolute atomic E-state index is 10.2. The fraction of sp³-hybridized carbons (Fsp3) is 0.571. The highest BCUT2D eigenvalue weighted by molar-refractivity contribution is 5.73. The minimum Gasteiger partial charge on any atom is -0.480 e. The lowest BCUT2D eigenvalue weighted by molar-refractivity contribution is -0.138. The average Bonchev–Trinajstić information content (AvgIpc) is 1.99. The number of carboxylic acids is 1. The summed E-state index contributed by atoms with van der Waals surface area (Å²) < 4.78 is 0. The van der Waals surface area contributed by atoms with Gasteiger partial charge in [0.1, 0.15) is 6.04 Å². The van der Waals surface area contributed by atoms with Crippen LogP contribution in [0.3, 0.4) is 0 Å². The largest absolute Gasteiger partial charge is 0.480 e. The molecule has 0 aromatic heterocycles. The third kappa shape index (κ3) is 4.52. The van der Waals surface area contributed by atoms with Crippen LogP contribution in [-0.2, 0) is 4.79 Å². The highest BCUT2D eigenvalue weighted by Gasteiger charge is 2.08. The Morgan fingerprint density at radius 3 is 2.64 bits per heavy atom. The van der Waals surface area contributed by atoms with Gasteiger partial charge in [-0.05, 0) is 13.3 Å². The molecule has 0 amide bonds. The maximum atomic E-state index is 10.2. The van der Waals surface area contributed by atoms with E-state index in [0.717, 1.165) is 5.57 Å². The smallest absolute Gasteiger partial charge is 0.320 e. The molecule has 0 aromatic rings. The van der Waals surface area contributed by atoms with E-state index in [0.29, 0.717) is 0 Å². The molecule has 0 aromatic carbocycles. The third-order valence-electron chi connectivity index (χ3n) is 1.29. The van der Waals surface area contributed by atoms with Crippen LogP contribution in [0, 0.1) is 0 Å². The Hall–Kier alpha value is -0.870. The van der Waals surface area contributed by atoms with Gasteiger partial charge in [-0.2, -0.15) is 0 Å². The van der Waals surface area contributed by atoms with Crippen molar-refractivity contribution in [2.45, 2.75) is 19.4 Å². The molecule has 4 N–H and O–H groups in total. The fourth-order valence-corrected chi connectivity index (χ4v) is 0.494. The van der Waals surface area contributed by atoms with Gasteiger partial charge >= 0.3 is 5.97 Å². The molecule has 0 heterocycles. The van der Waals surface area contributed by atoms with Crippen LogP contribution >= 0.6 is 0 Å². The predicted molar refractivity (Wildman–Crippen MR) is 41.1 cm³/mol. The topological polar surface area (TPSA) is 83.6 Å². The first kappa shape index (κ1) is 10.1. The van der Waals surface area contributed by atoms with Crippen LogP contribution in [0.15, 0.2) is 11.6 Å². The summed E-state index contributed by atoms with van der Waals surface area (Å²) in [6.45, 7) is 1.67. The molecule has 11 heavy (non-hydrogen) atoms. The highest BCUT2D eigenvalue weighted by atomic mass is 16.4. The van der Waals surface area contributed by atoms with Gasteiger partial charge in [-0.25, -0.2) is 0 Å². The molecule has 4 nitrogen and oxygen atoms in total. The normalized spacial score (nSPS) is 14.6. The van der Waals surface area contributed by atoms with E-state index in [1.54, 1.807) is 13.0 Å². The molecule has 0 spiro atoms. The maximum Gasteiger partial charge on any atom is 0.320 e. The number of aliphatic carboxylic acids is 1. The molecule has 1 atom stereocenters. The molecule has 0 bridgehead atoms. The van der Waals surface area contributed by atoms with Crippen LogP contribution in [0.2, 0.25) is 0 Å². The van der Waals surface area contributed by atoms with Crippen molar-refractivity contribution in [1.82, 2.24) is 0 Å². The summed E-state index contributed by atoms with van der Waals surface area (Å²) in [5.41, 5.74) is 5.93. The Balaban J connectivity index is 3.78. The van der Waals surface area contributed by atoms with Crippen molar-refractivity contribution < 1.29 is 15.0 Å². The van der Waals surface area contributed by atoms with Crippen LogP contribution < -0.4 is 5.73 Å². The van der Waals surface area contributed by atoms with Crippen LogP contribution in [0.4, 0.5) is 0 Å². The van der Waals surface area contributed by atoms with Gasteiger partial charge < -0.3 is 15.9 Å². The molecule has 0 aliphatic carbocycles. The summed E-state index contributed by atoms with van der Waals surface area (Å²) in [5, 5.41) is 16.9. The lowest BCUT2D eigenvalue weighted by Crippen LogP contribution is -2.29. The van der Waals surface area contributed by atoms with Gasteiger partial charge in [0.25, 0.3) is 0 Å². The fourth-order valence-electron chi connectivity index (χ4n) is 0.494. The number of rotatable bonds is 4. The van der Waals surface area contributed by atoms with Crippen LogP contribution in [-0.4, -0.2) is 28.8 Å². The molecule has 0 radical (unpaired) electrons. The van der Waals surface area contributed by atoms with Crippen molar-refractivity contribution in [2.75, 3.05) is 6.61 Å². The predicted octanol–water partition coefficient (Wildman–Crippen LogP) is -0.273. The third-order valence-corrected chi connectivity index (χ3v) is 1.29. The van der Waals surface area contributed by atoms with Crippen molar-refractivity contribution in [1.29, 1.82) is 0 Å². The SMILES string of the molecule is C/C(=C/C[C@H](N)C(=O)O)CO. The summed E-state index contributed by atoms with van der Waals surface area (Å²) in [6.07, 6.45) is 1.89. The number of carboxylic acid groups (broad SMARTS) is 1. The minimum atomic E-state index is -1.02. The molecule has 4 heteroatoms. The second-order valence-corrected chi connectivity index (χ2v) is 2.39. The van der Waals surface area contributed by atoms with E-state index in [1.165, 1.54) is 0 Å². The first-order valence-corrected chi connectivity index (χ1v) is 3.32. The summed E-state index contributed by atoms with van der Waals surface area (Å²) >= 11 is 0. The van der Waals surface area contributed by atoms with Crippen molar-refractivity contribution >= 4 is 5.97 Å². The van der Waals surface area contributed by atoms with E-state index in [4.69, 9.17) is 15.9 Å². The highest BCUT2D eigenvalue weighted by Crippen LogP contribution is 1.96. The van der Waals surface area contributed by atoms with Crippen molar-refractivity contribution in [3.05, 3.63) is 11.6 Å². The number of aliphatic hydroxyl groups is 1. The molecule has 0 unspecified atom stereocenters. The summed E-state index contributed by atoms with van der Waals surface area (Å²) in [7, 11) is 0. The Kier molecular flexibility index (Phi) is 4.49. The average molecular weight is 159 g/mol. The van der Waals surface area contributed by atoms with Gasteiger partial charge in [0, 0.05) is 0 Å². The molecule has 0 rings (SSSR count). The van der Waals surface area contributed by atoms with Gasteiger partial charge in [-0.1, -0.05) is 11.6 Å². The van der Waals surface area contributed by atoms with Gasteiger partial charge in [0.2, 0.25) is 0 Å². The number of hydrogen-bond donors (Lipinski definition) is 3. The molecule has 0 saturated carbocycles. The second kappa shape index (κ2) is 4.87. The van der Waals surface area contributed by atoms with E-state index in [2.05, 4.69) is 0 Å². The van der Waals surface area contributed by atoms with Crippen LogP contribution in [0.25, 0.3) is 0 Å². The quantitative estimate of drug-likeness (QED) is 0.493. The molecule has 0 aliphatic rings. The summed E-state index contributed by atoms with van der Waals surface area (Å²) in [4.78, 5) is 10.2. The van der Waals surface area contributed by atoms with Crippen molar-refractivity contribution in [3.63, 3.8) is 0 Å². The van der Waals surface area contributed by atoms with Crippen LogP contribution in [0.1, 0.15) is 13.3 Å². The molecule has 0 saturated heterocycles. The lowest BCUT2D eigenvalue weighted by atomic mass is 10.1. The molecular weight excluding hydrogens is 146 g/mol.